The van der Waals surface area contributed by atoms with Gasteiger partial charge in [0.25, 0.3) is 0 Å². The molecular formula is C9H8NO. The van der Waals surface area contributed by atoms with Crippen LogP contribution in [0.5, 0.6) is 5.75 Å². The second-order valence-corrected chi connectivity index (χ2v) is 2.14. The first-order valence-corrected chi connectivity index (χ1v) is 3.18. The summed E-state index contributed by atoms with van der Waals surface area (Å²) in [6, 6.07) is 7.16. The first kappa shape index (κ1) is 7.62. The van der Waals surface area contributed by atoms with E-state index in [1.54, 1.807) is 25.3 Å². The highest BCUT2D eigenvalue weighted by molar-refractivity contribution is 5.43. The molecule has 0 bridgehead atoms. The van der Waals surface area contributed by atoms with Gasteiger partial charge in [0.1, 0.15) is 5.75 Å². The molecule has 0 fully saturated rings. The van der Waals surface area contributed by atoms with Gasteiger partial charge in [-0.05, 0) is 24.6 Å². The average molecular weight is 146 g/mol. The van der Waals surface area contributed by atoms with E-state index in [1.165, 1.54) is 0 Å². The Balaban J connectivity index is 3.15. The minimum Gasteiger partial charge on any atom is -0.496 e. The van der Waals surface area contributed by atoms with Crippen molar-refractivity contribution in [3.63, 3.8) is 0 Å². The van der Waals surface area contributed by atoms with Gasteiger partial charge in [-0.25, -0.2) is 0 Å². The van der Waals surface area contributed by atoms with Crippen LogP contribution in [-0.4, -0.2) is 7.11 Å². The lowest BCUT2D eigenvalue weighted by Gasteiger charge is -2.02. The van der Waals surface area contributed by atoms with E-state index in [2.05, 4.69) is 6.92 Å². The van der Waals surface area contributed by atoms with Crippen LogP contribution in [0.4, 0.5) is 0 Å². The van der Waals surface area contributed by atoms with Crippen LogP contribution >= 0.6 is 0 Å². The van der Waals surface area contributed by atoms with E-state index in [0.717, 1.165) is 5.56 Å². The Morgan fingerprint density at radius 1 is 1.55 bits per heavy atom. The minimum atomic E-state index is 0.592. The Labute approximate surface area is 66.0 Å². The third kappa shape index (κ3) is 1.50. The molecule has 1 aromatic rings. The maximum Gasteiger partial charge on any atom is 0.123 e. The molecule has 0 spiro atoms. The van der Waals surface area contributed by atoms with Crippen LogP contribution in [0.1, 0.15) is 11.1 Å². The van der Waals surface area contributed by atoms with Gasteiger partial charge in [0, 0.05) is 0 Å². The molecule has 0 aliphatic carbocycles. The van der Waals surface area contributed by atoms with E-state index >= 15 is 0 Å². The van der Waals surface area contributed by atoms with E-state index in [4.69, 9.17) is 10.00 Å². The van der Waals surface area contributed by atoms with E-state index in [-0.39, 0.29) is 0 Å². The molecule has 55 valence electrons. The predicted octanol–water partition coefficient (Wildman–Crippen LogP) is 1.75. The van der Waals surface area contributed by atoms with Gasteiger partial charge in [-0.3, -0.25) is 0 Å². The monoisotopic (exact) mass is 146 g/mol. The summed E-state index contributed by atoms with van der Waals surface area (Å²) in [5, 5.41) is 8.52. The van der Waals surface area contributed by atoms with Crippen LogP contribution in [0.25, 0.3) is 0 Å². The fourth-order valence-corrected chi connectivity index (χ4v) is 0.814. The highest BCUT2D eigenvalue weighted by Gasteiger charge is 1.97. The number of hydrogen-bond donors (Lipinski definition) is 0. The normalized spacial score (nSPS) is 8.82. The van der Waals surface area contributed by atoms with Gasteiger partial charge in [-0.1, -0.05) is 6.07 Å². The Kier molecular flexibility index (Phi) is 2.12. The van der Waals surface area contributed by atoms with Crippen molar-refractivity contribution >= 4 is 0 Å². The molecule has 0 aliphatic rings. The molecular weight excluding hydrogens is 138 g/mol. The molecule has 0 aliphatic heterocycles. The lowest BCUT2D eigenvalue weighted by Crippen LogP contribution is -1.87. The van der Waals surface area contributed by atoms with Crippen LogP contribution < -0.4 is 4.74 Å². The quantitative estimate of drug-likeness (QED) is 0.604. The molecule has 1 rings (SSSR count). The smallest absolute Gasteiger partial charge is 0.123 e. The summed E-state index contributed by atoms with van der Waals surface area (Å²) in [4.78, 5) is 0. The number of ether oxygens (including phenoxy) is 1. The largest absolute Gasteiger partial charge is 0.496 e. The molecule has 1 radical (unpaired) electrons. The van der Waals surface area contributed by atoms with Crippen LogP contribution in [-0.2, 0) is 0 Å². The molecule has 0 aromatic heterocycles. The fourth-order valence-electron chi connectivity index (χ4n) is 0.814. The topological polar surface area (TPSA) is 33.0 Å². The van der Waals surface area contributed by atoms with Crippen LogP contribution in [0.3, 0.4) is 0 Å². The maximum atomic E-state index is 8.52. The summed E-state index contributed by atoms with van der Waals surface area (Å²) >= 11 is 0. The van der Waals surface area contributed by atoms with Crippen molar-refractivity contribution in [3.8, 4) is 11.8 Å². The van der Waals surface area contributed by atoms with Crippen molar-refractivity contribution < 1.29 is 4.74 Å². The second kappa shape index (κ2) is 3.07. The molecule has 0 saturated heterocycles. The molecule has 0 unspecified atom stereocenters. The summed E-state index contributed by atoms with van der Waals surface area (Å²) < 4.78 is 4.97. The number of benzene rings is 1. The summed E-state index contributed by atoms with van der Waals surface area (Å²) in [6.45, 7) is 3.73. The third-order valence-electron chi connectivity index (χ3n) is 1.42. The summed E-state index contributed by atoms with van der Waals surface area (Å²) in [7, 11) is 1.56. The number of methoxy groups -OCH3 is 1. The van der Waals surface area contributed by atoms with Gasteiger partial charge in [0.05, 0.1) is 18.7 Å². The summed E-state index contributed by atoms with van der Waals surface area (Å²) in [5.41, 5.74) is 1.39. The molecule has 0 amide bonds. The number of nitriles is 1. The van der Waals surface area contributed by atoms with E-state index in [0.29, 0.717) is 11.3 Å². The molecule has 1 aromatic carbocycles. The van der Waals surface area contributed by atoms with Crippen molar-refractivity contribution in [3.05, 3.63) is 36.2 Å². The summed E-state index contributed by atoms with van der Waals surface area (Å²) in [5.74, 6) is 0.657. The SMILES string of the molecule is [CH2]c1ccc(C#N)cc1OC. The van der Waals surface area contributed by atoms with Crippen LogP contribution in [0.2, 0.25) is 0 Å². The Bertz CT molecular complexity index is 299. The third-order valence-corrected chi connectivity index (χ3v) is 1.42. The fraction of sp³-hybridized carbons (Fsp3) is 0.111. The number of rotatable bonds is 1. The molecule has 2 nitrogen and oxygen atoms in total. The zero-order valence-electron chi connectivity index (χ0n) is 6.29. The zero-order chi connectivity index (χ0) is 8.27. The lowest BCUT2D eigenvalue weighted by molar-refractivity contribution is 0.413. The van der Waals surface area contributed by atoms with Gasteiger partial charge in [0.15, 0.2) is 0 Å². The zero-order valence-corrected chi connectivity index (χ0v) is 6.29. The molecule has 0 N–H and O–H groups in total. The van der Waals surface area contributed by atoms with Gasteiger partial charge in [-0.2, -0.15) is 5.26 Å². The van der Waals surface area contributed by atoms with Gasteiger partial charge < -0.3 is 4.74 Å². The number of nitrogens with zero attached hydrogens (tertiary/aromatic N) is 1. The van der Waals surface area contributed by atoms with E-state index in [9.17, 15) is 0 Å². The Hall–Kier alpha value is -1.49. The molecule has 0 atom stereocenters. The van der Waals surface area contributed by atoms with Gasteiger partial charge >= 0.3 is 0 Å². The maximum absolute atomic E-state index is 8.52. The van der Waals surface area contributed by atoms with Crippen LogP contribution in [0, 0.1) is 18.3 Å². The highest BCUT2D eigenvalue weighted by atomic mass is 16.5. The molecule has 0 heterocycles. The van der Waals surface area contributed by atoms with Crippen molar-refractivity contribution in [1.82, 2.24) is 0 Å². The first-order chi connectivity index (χ1) is 5.27. The second-order valence-electron chi connectivity index (χ2n) is 2.14. The van der Waals surface area contributed by atoms with Gasteiger partial charge in [0.2, 0.25) is 0 Å². The first-order valence-electron chi connectivity index (χ1n) is 3.18. The van der Waals surface area contributed by atoms with Crippen LogP contribution in [0.15, 0.2) is 18.2 Å². The highest BCUT2D eigenvalue weighted by Crippen LogP contribution is 2.17. The summed E-state index contributed by atoms with van der Waals surface area (Å²) in [6.07, 6.45) is 0. The average Bonchev–Trinajstić information content (AvgIpc) is 2.05. The Morgan fingerprint density at radius 2 is 2.27 bits per heavy atom. The van der Waals surface area contributed by atoms with Crippen molar-refractivity contribution in [2.45, 2.75) is 0 Å². The molecule has 11 heavy (non-hydrogen) atoms. The van der Waals surface area contributed by atoms with E-state index in [1.807, 2.05) is 6.07 Å². The van der Waals surface area contributed by atoms with Crippen molar-refractivity contribution in [1.29, 1.82) is 5.26 Å². The van der Waals surface area contributed by atoms with Crippen molar-refractivity contribution in [2.75, 3.05) is 7.11 Å². The molecule has 0 saturated carbocycles. The van der Waals surface area contributed by atoms with Gasteiger partial charge in [-0.15, -0.1) is 0 Å². The number of hydrogen-bond acceptors (Lipinski definition) is 2. The lowest BCUT2D eigenvalue weighted by atomic mass is 10.1. The standard InChI is InChI=1S/C9H8NO/c1-7-3-4-8(6-10)5-9(7)11-2/h3-5H,1H2,2H3. The Morgan fingerprint density at radius 3 is 2.82 bits per heavy atom. The minimum absolute atomic E-state index is 0.592. The van der Waals surface area contributed by atoms with Crippen molar-refractivity contribution in [2.24, 2.45) is 0 Å². The predicted molar refractivity (Wildman–Crippen MR) is 42.2 cm³/mol. The molecule has 2 heteroatoms. The van der Waals surface area contributed by atoms with E-state index < -0.39 is 0 Å².